The average Bonchev–Trinajstić information content (AvgIpc) is 2.54. The highest BCUT2D eigenvalue weighted by molar-refractivity contribution is 7.89. The summed E-state index contributed by atoms with van der Waals surface area (Å²) in [5, 5.41) is 5.71. The predicted octanol–water partition coefficient (Wildman–Crippen LogP) is 0.0647. The van der Waals surface area contributed by atoms with Crippen molar-refractivity contribution in [2.75, 3.05) is 38.5 Å². The highest BCUT2D eigenvalue weighted by Crippen LogP contribution is 2.18. The number of likely N-dealkylation sites (N-methyl/N-ethyl adjacent to an activating group) is 1. The molecule has 0 bridgehead atoms. The van der Waals surface area contributed by atoms with Gasteiger partial charge in [-0.3, -0.25) is 4.79 Å². The summed E-state index contributed by atoms with van der Waals surface area (Å²) >= 11 is 5.11. The summed E-state index contributed by atoms with van der Waals surface area (Å²) in [7, 11) is -1.41. The van der Waals surface area contributed by atoms with E-state index in [-0.39, 0.29) is 21.8 Å². The average molecular weight is 400 g/mol. The number of thiocarbonyl (C=S) groups is 1. The Morgan fingerprint density at radius 1 is 1.23 bits per heavy atom. The van der Waals surface area contributed by atoms with Gasteiger partial charge in [0.25, 0.3) is 0 Å². The van der Waals surface area contributed by atoms with E-state index < -0.39 is 10.0 Å². The Bertz CT molecular complexity index is 740. The zero-order chi connectivity index (χ0) is 19.3. The van der Waals surface area contributed by atoms with Gasteiger partial charge in [-0.15, -0.1) is 0 Å². The topological polar surface area (TPSA) is 83.0 Å². The van der Waals surface area contributed by atoms with Crippen molar-refractivity contribution in [1.82, 2.24) is 9.62 Å². The molecule has 1 aliphatic rings. The van der Waals surface area contributed by atoms with Crippen LogP contribution in [0.5, 0.6) is 0 Å². The van der Waals surface area contributed by atoms with Crippen LogP contribution in [0, 0.1) is 5.92 Å². The van der Waals surface area contributed by atoms with Crippen molar-refractivity contribution in [3.05, 3.63) is 24.3 Å². The van der Waals surface area contributed by atoms with Crippen molar-refractivity contribution in [1.29, 1.82) is 0 Å². The van der Waals surface area contributed by atoms with Crippen molar-refractivity contribution in [3.63, 3.8) is 0 Å². The lowest BCUT2D eigenvalue weighted by atomic mass is 10.1. The van der Waals surface area contributed by atoms with Crippen molar-refractivity contribution in [2.45, 2.75) is 25.2 Å². The van der Waals surface area contributed by atoms with Gasteiger partial charge in [0.05, 0.1) is 38.1 Å². The normalized spacial score (nSPS) is 16.5. The molecule has 1 amide bonds. The van der Waals surface area contributed by atoms with Gasteiger partial charge in [-0.2, -0.15) is 4.31 Å². The molecule has 7 nitrogen and oxygen atoms in total. The van der Waals surface area contributed by atoms with E-state index in [0.29, 0.717) is 25.2 Å². The molecule has 1 fully saturated rings. The Morgan fingerprint density at radius 3 is 2.35 bits per heavy atom. The zero-order valence-corrected chi connectivity index (χ0v) is 17.0. The predicted molar refractivity (Wildman–Crippen MR) is 106 cm³/mol. The third kappa shape index (κ3) is 5.73. The fourth-order valence-corrected chi connectivity index (χ4v) is 4.35. The number of amides is 1. The van der Waals surface area contributed by atoms with Crippen molar-refractivity contribution in [2.24, 2.45) is 5.92 Å². The molecular formula is C17H27N4O3S2+. The van der Waals surface area contributed by atoms with E-state index in [9.17, 15) is 13.2 Å². The van der Waals surface area contributed by atoms with Crippen LogP contribution in [0.2, 0.25) is 0 Å². The summed E-state index contributed by atoms with van der Waals surface area (Å²) in [6.07, 6.45) is 0.395. The highest BCUT2D eigenvalue weighted by Gasteiger charge is 2.28. The van der Waals surface area contributed by atoms with Crippen LogP contribution in [0.4, 0.5) is 5.69 Å². The molecule has 1 aromatic carbocycles. The van der Waals surface area contributed by atoms with Crippen LogP contribution in [0.15, 0.2) is 29.2 Å². The van der Waals surface area contributed by atoms with Crippen LogP contribution >= 0.6 is 12.2 Å². The van der Waals surface area contributed by atoms with Gasteiger partial charge in [0.2, 0.25) is 15.9 Å². The monoisotopic (exact) mass is 399 g/mol. The number of nitrogens with one attached hydrogen (secondary N) is 3. The van der Waals surface area contributed by atoms with Gasteiger partial charge in [0, 0.05) is 12.1 Å². The van der Waals surface area contributed by atoms with Gasteiger partial charge in [-0.05, 0) is 42.4 Å². The number of quaternary nitrogens is 1. The first-order valence-electron chi connectivity index (χ1n) is 8.71. The molecule has 0 aromatic heterocycles. The Balaban J connectivity index is 1.97. The van der Waals surface area contributed by atoms with Crippen LogP contribution in [-0.4, -0.2) is 57.0 Å². The molecule has 26 heavy (non-hydrogen) atoms. The number of hydrogen-bond donors (Lipinski definition) is 3. The first-order chi connectivity index (χ1) is 12.2. The van der Waals surface area contributed by atoms with Gasteiger partial charge in [-0.25, -0.2) is 8.42 Å². The molecule has 3 N–H and O–H groups in total. The molecule has 9 heteroatoms. The summed E-state index contributed by atoms with van der Waals surface area (Å²) < 4.78 is 26.9. The van der Waals surface area contributed by atoms with E-state index in [4.69, 9.17) is 12.2 Å². The van der Waals surface area contributed by atoms with Crippen molar-refractivity contribution >= 4 is 38.9 Å². The lowest BCUT2D eigenvalue weighted by Crippen LogP contribution is -3.12. The molecule has 1 aromatic rings. The van der Waals surface area contributed by atoms with Gasteiger partial charge in [-0.1, -0.05) is 13.8 Å². The number of carbonyl (C=O) groups excluding carboxylic acids is 1. The highest BCUT2D eigenvalue weighted by atomic mass is 32.2. The summed E-state index contributed by atoms with van der Waals surface area (Å²) in [5.74, 6) is 0.104. The molecule has 0 saturated carbocycles. The van der Waals surface area contributed by atoms with E-state index in [1.54, 1.807) is 24.3 Å². The molecule has 0 aliphatic carbocycles. The maximum absolute atomic E-state index is 12.7. The second kappa shape index (κ2) is 8.90. The summed E-state index contributed by atoms with van der Waals surface area (Å²) in [5.41, 5.74) is 0.626. The molecule has 0 unspecified atom stereocenters. The summed E-state index contributed by atoms with van der Waals surface area (Å²) in [4.78, 5) is 13.3. The second-order valence-corrected chi connectivity index (χ2v) is 9.33. The number of anilines is 1. The Kier molecular flexibility index (Phi) is 7.10. The third-order valence-electron chi connectivity index (χ3n) is 4.17. The molecule has 1 heterocycles. The third-order valence-corrected chi connectivity index (χ3v) is 6.29. The van der Waals surface area contributed by atoms with Gasteiger partial charge in [0.1, 0.15) is 0 Å². The van der Waals surface area contributed by atoms with Crippen LogP contribution in [-0.2, 0) is 14.8 Å². The Hall–Kier alpha value is -1.55. The lowest BCUT2D eigenvalue weighted by Gasteiger charge is -2.29. The van der Waals surface area contributed by atoms with Crippen LogP contribution in [0.3, 0.4) is 0 Å². The first kappa shape index (κ1) is 20.8. The van der Waals surface area contributed by atoms with Gasteiger partial charge < -0.3 is 15.5 Å². The van der Waals surface area contributed by atoms with E-state index >= 15 is 0 Å². The molecule has 144 valence electrons. The number of rotatable bonds is 5. The zero-order valence-electron chi connectivity index (χ0n) is 15.4. The van der Waals surface area contributed by atoms with E-state index in [1.807, 2.05) is 13.8 Å². The summed E-state index contributed by atoms with van der Waals surface area (Å²) in [6, 6.07) is 6.41. The van der Waals surface area contributed by atoms with Crippen LogP contribution in [0.1, 0.15) is 20.3 Å². The van der Waals surface area contributed by atoms with E-state index in [2.05, 4.69) is 17.7 Å². The van der Waals surface area contributed by atoms with Crippen molar-refractivity contribution in [3.8, 4) is 0 Å². The molecule has 2 rings (SSSR count). The number of benzene rings is 1. The number of nitrogens with zero attached hydrogens (tertiary/aromatic N) is 1. The molecule has 1 saturated heterocycles. The smallest absolute Gasteiger partial charge is 0.243 e. The minimum Gasteiger partial charge on any atom is -0.335 e. The molecule has 0 radical (unpaired) electrons. The molecule has 0 spiro atoms. The Morgan fingerprint density at radius 2 is 1.81 bits per heavy atom. The SMILES string of the molecule is CC(C)CC(=O)NC(=S)Nc1ccc(S(=O)(=O)N2CC[NH+](C)CC2)cc1. The number of piperazine rings is 1. The number of carbonyl (C=O) groups is 1. The molecular weight excluding hydrogens is 372 g/mol. The lowest BCUT2D eigenvalue weighted by molar-refractivity contribution is -0.883. The second-order valence-electron chi connectivity index (χ2n) is 6.99. The maximum Gasteiger partial charge on any atom is 0.243 e. The van der Waals surface area contributed by atoms with Crippen LogP contribution in [0.25, 0.3) is 0 Å². The number of sulfonamides is 1. The quantitative estimate of drug-likeness (QED) is 0.610. The molecule has 0 atom stereocenters. The van der Waals surface area contributed by atoms with E-state index in [0.717, 1.165) is 13.1 Å². The van der Waals surface area contributed by atoms with Gasteiger partial charge >= 0.3 is 0 Å². The Labute approximate surface area is 160 Å². The fraction of sp³-hybridized carbons (Fsp3) is 0.529. The van der Waals surface area contributed by atoms with Crippen LogP contribution < -0.4 is 15.5 Å². The molecule has 1 aliphatic heterocycles. The fourth-order valence-electron chi connectivity index (χ4n) is 2.68. The largest absolute Gasteiger partial charge is 0.335 e. The van der Waals surface area contributed by atoms with Gasteiger partial charge in [0.15, 0.2) is 5.11 Å². The minimum atomic E-state index is -3.47. The van der Waals surface area contributed by atoms with E-state index in [1.165, 1.54) is 9.21 Å². The first-order valence-corrected chi connectivity index (χ1v) is 10.6. The summed E-state index contributed by atoms with van der Waals surface area (Å²) in [6.45, 7) is 6.58. The maximum atomic E-state index is 12.7. The minimum absolute atomic E-state index is 0.145. The number of hydrogen-bond acceptors (Lipinski definition) is 4. The van der Waals surface area contributed by atoms with Crippen molar-refractivity contribution < 1.29 is 18.1 Å². The standard InChI is InChI=1S/C17H26N4O3S2/c1-13(2)12-16(22)19-17(25)18-14-4-6-15(7-5-14)26(23,24)21-10-8-20(3)9-11-21/h4-7,13H,8-12H2,1-3H3,(H2,18,19,22,25)/p+1.